The first-order chi connectivity index (χ1) is 7.27. The summed E-state index contributed by atoms with van der Waals surface area (Å²) in [7, 11) is 0. The highest BCUT2D eigenvalue weighted by molar-refractivity contribution is 5.71. The summed E-state index contributed by atoms with van der Waals surface area (Å²) < 4.78 is 5.12. The third kappa shape index (κ3) is 4.18. The van der Waals surface area contributed by atoms with Gasteiger partial charge in [0.2, 0.25) is 0 Å². The van der Waals surface area contributed by atoms with E-state index in [1.165, 1.54) is 0 Å². The maximum absolute atomic E-state index is 11.4. The van der Waals surface area contributed by atoms with E-state index in [0.717, 1.165) is 32.2 Å². The highest BCUT2D eigenvalue weighted by atomic mass is 16.5. The average Bonchev–Trinajstić information content (AvgIpc) is 2.65. The molecule has 0 aromatic heterocycles. The lowest BCUT2D eigenvalue weighted by molar-refractivity contribution is -0.145. The molecule has 0 aliphatic carbocycles. The van der Waals surface area contributed by atoms with Gasteiger partial charge in [0.05, 0.1) is 13.2 Å². The van der Waals surface area contributed by atoms with Crippen LogP contribution in [0.5, 0.6) is 0 Å². The minimum absolute atomic E-state index is 0.108. The Morgan fingerprint density at radius 2 is 2.40 bits per heavy atom. The number of hydrogen-bond donors (Lipinski definition) is 1. The highest BCUT2D eigenvalue weighted by Gasteiger charge is 2.25. The van der Waals surface area contributed by atoms with Crippen LogP contribution in [0.4, 0.5) is 0 Å². The Kier molecular flexibility index (Phi) is 5.65. The Balaban J connectivity index is 2.19. The van der Waals surface area contributed by atoms with Gasteiger partial charge in [-0.25, -0.2) is 0 Å². The van der Waals surface area contributed by atoms with Crippen molar-refractivity contribution < 1.29 is 9.53 Å². The number of carbonyl (C=O) groups is 1. The lowest BCUT2D eigenvalue weighted by Gasteiger charge is -2.21. The Morgan fingerprint density at radius 1 is 1.60 bits per heavy atom. The molecule has 2 N–H and O–H groups in total. The first-order valence-electron chi connectivity index (χ1n) is 5.87. The fraction of sp³-hybridized carbons (Fsp3) is 0.909. The first kappa shape index (κ1) is 12.5. The van der Waals surface area contributed by atoms with E-state index >= 15 is 0 Å². The van der Waals surface area contributed by atoms with E-state index < -0.39 is 0 Å². The second-order valence-corrected chi connectivity index (χ2v) is 4.08. The minimum Gasteiger partial charge on any atom is -0.465 e. The highest BCUT2D eigenvalue weighted by Crippen LogP contribution is 2.15. The maximum Gasteiger partial charge on any atom is 0.320 e. The van der Waals surface area contributed by atoms with E-state index in [-0.39, 0.29) is 5.97 Å². The molecule has 1 rings (SSSR count). The SMILES string of the molecule is CCCCOC(=O)CN1CCCC1CN. The monoisotopic (exact) mass is 214 g/mol. The van der Waals surface area contributed by atoms with Gasteiger partial charge in [-0.2, -0.15) is 0 Å². The molecule has 1 aliphatic rings. The molecule has 1 unspecified atom stereocenters. The summed E-state index contributed by atoms with van der Waals surface area (Å²) in [5.41, 5.74) is 5.63. The number of unbranched alkanes of at least 4 members (excludes halogenated alkanes) is 1. The summed E-state index contributed by atoms with van der Waals surface area (Å²) in [6, 6.07) is 0.378. The summed E-state index contributed by atoms with van der Waals surface area (Å²) in [6.45, 7) is 4.66. The van der Waals surface area contributed by atoms with Gasteiger partial charge in [0.25, 0.3) is 0 Å². The molecule has 0 spiro atoms. The van der Waals surface area contributed by atoms with Crippen LogP contribution in [0, 0.1) is 0 Å². The lowest BCUT2D eigenvalue weighted by atomic mass is 10.2. The molecule has 0 bridgehead atoms. The molecular weight excluding hydrogens is 192 g/mol. The molecule has 0 aromatic carbocycles. The summed E-state index contributed by atoms with van der Waals surface area (Å²) >= 11 is 0. The van der Waals surface area contributed by atoms with Crippen LogP contribution in [0.2, 0.25) is 0 Å². The summed E-state index contributed by atoms with van der Waals surface area (Å²) in [5.74, 6) is -0.108. The van der Waals surface area contributed by atoms with Crippen LogP contribution in [-0.4, -0.2) is 43.2 Å². The fourth-order valence-corrected chi connectivity index (χ4v) is 1.91. The third-order valence-corrected chi connectivity index (χ3v) is 2.86. The smallest absolute Gasteiger partial charge is 0.320 e. The van der Waals surface area contributed by atoms with Gasteiger partial charge < -0.3 is 10.5 Å². The summed E-state index contributed by atoms with van der Waals surface area (Å²) in [6.07, 6.45) is 4.26. The molecular formula is C11H22N2O2. The average molecular weight is 214 g/mol. The Bertz CT molecular complexity index is 197. The Labute approximate surface area is 91.8 Å². The fourth-order valence-electron chi connectivity index (χ4n) is 1.91. The van der Waals surface area contributed by atoms with Crippen molar-refractivity contribution in [2.24, 2.45) is 5.73 Å². The number of nitrogens with two attached hydrogens (primary N) is 1. The number of nitrogens with zero attached hydrogens (tertiary/aromatic N) is 1. The molecule has 88 valence electrons. The normalized spacial score (nSPS) is 21.9. The molecule has 0 radical (unpaired) electrons. The standard InChI is InChI=1S/C11H22N2O2/c1-2-3-7-15-11(14)9-13-6-4-5-10(13)8-12/h10H,2-9,12H2,1H3. The molecule has 0 saturated carbocycles. The molecule has 1 saturated heterocycles. The minimum atomic E-state index is -0.108. The van der Waals surface area contributed by atoms with E-state index in [1.807, 2.05) is 0 Å². The van der Waals surface area contributed by atoms with Gasteiger partial charge in [-0.3, -0.25) is 9.69 Å². The number of carbonyl (C=O) groups excluding carboxylic acids is 1. The van der Waals surface area contributed by atoms with E-state index in [0.29, 0.717) is 25.7 Å². The van der Waals surface area contributed by atoms with Gasteiger partial charge in [-0.05, 0) is 25.8 Å². The van der Waals surface area contributed by atoms with E-state index in [9.17, 15) is 4.79 Å². The zero-order chi connectivity index (χ0) is 11.1. The lowest BCUT2D eigenvalue weighted by Crippen LogP contribution is -2.39. The van der Waals surface area contributed by atoms with Gasteiger partial charge >= 0.3 is 5.97 Å². The predicted molar refractivity (Wildman–Crippen MR) is 59.5 cm³/mol. The second-order valence-electron chi connectivity index (χ2n) is 4.08. The number of ether oxygens (including phenoxy) is 1. The molecule has 4 nitrogen and oxygen atoms in total. The molecule has 1 heterocycles. The Hall–Kier alpha value is -0.610. The van der Waals surface area contributed by atoms with Crippen LogP contribution in [-0.2, 0) is 9.53 Å². The number of hydrogen-bond acceptors (Lipinski definition) is 4. The zero-order valence-electron chi connectivity index (χ0n) is 9.58. The molecule has 0 aromatic rings. The molecule has 1 atom stereocenters. The quantitative estimate of drug-likeness (QED) is 0.524. The topological polar surface area (TPSA) is 55.6 Å². The third-order valence-electron chi connectivity index (χ3n) is 2.86. The van der Waals surface area contributed by atoms with Crippen molar-refractivity contribution in [2.45, 2.75) is 38.6 Å². The van der Waals surface area contributed by atoms with Crippen molar-refractivity contribution in [1.82, 2.24) is 4.90 Å². The summed E-state index contributed by atoms with van der Waals surface area (Å²) in [5, 5.41) is 0. The molecule has 4 heteroatoms. The van der Waals surface area contributed by atoms with Crippen LogP contribution in [0.15, 0.2) is 0 Å². The maximum atomic E-state index is 11.4. The van der Waals surface area contributed by atoms with Gasteiger partial charge in [0.1, 0.15) is 0 Å². The van der Waals surface area contributed by atoms with Crippen molar-refractivity contribution in [2.75, 3.05) is 26.2 Å². The van der Waals surface area contributed by atoms with Crippen LogP contribution in [0.1, 0.15) is 32.6 Å². The van der Waals surface area contributed by atoms with Crippen molar-refractivity contribution >= 4 is 5.97 Å². The van der Waals surface area contributed by atoms with Crippen LogP contribution >= 0.6 is 0 Å². The molecule has 0 amide bonds. The van der Waals surface area contributed by atoms with Crippen molar-refractivity contribution in [3.63, 3.8) is 0 Å². The largest absolute Gasteiger partial charge is 0.465 e. The predicted octanol–water partition coefficient (Wildman–Crippen LogP) is 0.753. The first-order valence-corrected chi connectivity index (χ1v) is 5.87. The van der Waals surface area contributed by atoms with Gasteiger partial charge in [0, 0.05) is 12.6 Å². The molecule has 1 aliphatic heterocycles. The van der Waals surface area contributed by atoms with Gasteiger partial charge in [-0.15, -0.1) is 0 Å². The summed E-state index contributed by atoms with van der Waals surface area (Å²) in [4.78, 5) is 13.6. The van der Waals surface area contributed by atoms with Crippen molar-refractivity contribution in [1.29, 1.82) is 0 Å². The van der Waals surface area contributed by atoms with E-state index in [4.69, 9.17) is 10.5 Å². The second kappa shape index (κ2) is 6.80. The Morgan fingerprint density at radius 3 is 3.07 bits per heavy atom. The molecule has 15 heavy (non-hydrogen) atoms. The van der Waals surface area contributed by atoms with Crippen LogP contribution in [0.25, 0.3) is 0 Å². The number of likely N-dealkylation sites (tertiary alicyclic amines) is 1. The number of rotatable bonds is 6. The van der Waals surface area contributed by atoms with Crippen LogP contribution < -0.4 is 5.73 Å². The van der Waals surface area contributed by atoms with Gasteiger partial charge in [-0.1, -0.05) is 13.3 Å². The van der Waals surface area contributed by atoms with Crippen molar-refractivity contribution in [3.05, 3.63) is 0 Å². The zero-order valence-corrected chi connectivity index (χ0v) is 9.58. The van der Waals surface area contributed by atoms with Crippen molar-refractivity contribution in [3.8, 4) is 0 Å². The van der Waals surface area contributed by atoms with Crippen LogP contribution in [0.3, 0.4) is 0 Å². The van der Waals surface area contributed by atoms with E-state index in [1.54, 1.807) is 0 Å². The number of esters is 1. The van der Waals surface area contributed by atoms with E-state index in [2.05, 4.69) is 11.8 Å². The molecule has 1 fully saturated rings. The van der Waals surface area contributed by atoms with Gasteiger partial charge in [0.15, 0.2) is 0 Å².